The topological polar surface area (TPSA) is 61.4 Å². The van der Waals surface area contributed by atoms with Crippen LogP contribution in [0.25, 0.3) is 0 Å². The number of nitrogens with zero attached hydrogens (tertiary/aromatic N) is 1. The van der Waals surface area contributed by atoms with Gasteiger partial charge < -0.3 is 15.5 Å². The largest absolute Gasteiger partial charge is 0.339 e. The maximum Gasteiger partial charge on any atom is 0.319 e. The standard InChI is InChI=1S/C15H20BrN3O2/c1-4-19(5-2)14(20)12-6-8-13(9-7-12)18-15(21)17-10-11(3)16/h6-9H,3-5,10H2,1-2H3,(H2,17,18,21). The van der Waals surface area contributed by atoms with E-state index in [1.165, 1.54) is 0 Å². The lowest BCUT2D eigenvalue weighted by Gasteiger charge is -2.18. The fraction of sp³-hybridized carbons (Fsp3) is 0.333. The van der Waals surface area contributed by atoms with Gasteiger partial charge in [-0.25, -0.2) is 4.79 Å². The van der Waals surface area contributed by atoms with E-state index < -0.39 is 0 Å². The highest BCUT2D eigenvalue weighted by Crippen LogP contribution is 2.11. The number of hydrogen-bond donors (Lipinski definition) is 2. The molecule has 1 rings (SSSR count). The van der Waals surface area contributed by atoms with E-state index in [1.54, 1.807) is 29.2 Å². The molecule has 0 heterocycles. The molecule has 0 unspecified atom stereocenters. The molecule has 0 fully saturated rings. The molecule has 0 aliphatic carbocycles. The van der Waals surface area contributed by atoms with Gasteiger partial charge in [-0.05, 0) is 38.1 Å². The molecule has 0 atom stereocenters. The van der Waals surface area contributed by atoms with Gasteiger partial charge in [-0.2, -0.15) is 0 Å². The number of benzene rings is 1. The van der Waals surface area contributed by atoms with E-state index in [0.717, 1.165) is 0 Å². The van der Waals surface area contributed by atoms with E-state index in [1.807, 2.05) is 13.8 Å². The summed E-state index contributed by atoms with van der Waals surface area (Å²) in [5.74, 6) is -0.00779. The normalized spacial score (nSPS) is 9.86. The second kappa shape index (κ2) is 8.46. The first-order valence-corrected chi connectivity index (χ1v) is 7.54. The van der Waals surface area contributed by atoms with Gasteiger partial charge in [0.25, 0.3) is 5.91 Å². The average Bonchev–Trinajstić information content (AvgIpc) is 2.47. The first-order valence-electron chi connectivity index (χ1n) is 6.75. The maximum atomic E-state index is 12.1. The average molecular weight is 354 g/mol. The zero-order valence-electron chi connectivity index (χ0n) is 12.3. The number of carbonyl (C=O) groups excluding carboxylic acids is 2. The number of carbonyl (C=O) groups is 2. The molecule has 114 valence electrons. The quantitative estimate of drug-likeness (QED) is 0.824. The van der Waals surface area contributed by atoms with Gasteiger partial charge in [0.05, 0.1) is 6.54 Å². The van der Waals surface area contributed by atoms with Gasteiger partial charge >= 0.3 is 6.03 Å². The molecule has 1 aromatic rings. The molecular weight excluding hydrogens is 334 g/mol. The van der Waals surface area contributed by atoms with E-state index in [4.69, 9.17) is 0 Å². The first-order chi connectivity index (χ1) is 9.97. The van der Waals surface area contributed by atoms with Crippen molar-refractivity contribution in [2.24, 2.45) is 0 Å². The van der Waals surface area contributed by atoms with Crippen molar-refractivity contribution >= 4 is 33.6 Å². The molecule has 0 aliphatic rings. The summed E-state index contributed by atoms with van der Waals surface area (Å²) >= 11 is 3.16. The second-order valence-electron chi connectivity index (χ2n) is 4.38. The molecule has 0 spiro atoms. The Hall–Kier alpha value is -1.82. The van der Waals surface area contributed by atoms with Crippen molar-refractivity contribution in [3.8, 4) is 0 Å². The van der Waals surface area contributed by atoms with Gasteiger partial charge in [0, 0.05) is 28.8 Å². The molecule has 1 aromatic carbocycles. The van der Waals surface area contributed by atoms with Crippen molar-refractivity contribution in [2.45, 2.75) is 13.8 Å². The van der Waals surface area contributed by atoms with E-state index >= 15 is 0 Å². The van der Waals surface area contributed by atoms with Crippen LogP contribution in [0.2, 0.25) is 0 Å². The molecular formula is C15H20BrN3O2. The SMILES string of the molecule is C=C(Br)CNC(=O)Nc1ccc(C(=O)N(CC)CC)cc1. The summed E-state index contributed by atoms with van der Waals surface area (Å²) in [6, 6.07) is 6.51. The highest BCUT2D eigenvalue weighted by molar-refractivity contribution is 9.11. The van der Waals surface area contributed by atoms with E-state index in [2.05, 4.69) is 33.1 Å². The van der Waals surface area contributed by atoms with Crippen molar-refractivity contribution < 1.29 is 9.59 Å². The zero-order valence-corrected chi connectivity index (χ0v) is 13.9. The minimum atomic E-state index is -0.321. The summed E-state index contributed by atoms with van der Waals surface area (Å²) in [6.07, 6.45) is 0. The van der Waals surface area contributed by atoms with Crippen LogP contribution in [0, 0.1) is 0 Å². The van der Waals surface area contributed by atoms with Crippen LogP contribution in [0.4, 0.5) is 10.5 Å². The van der Waals surface area contributed by atoms with Crippen LogP contribution in [0.5, 0.6) is 0 Å². The Kier molecular flexibility index (Phi) is 6.94. The Morgan fingerprint density at radius 2 is 1.76 bits per heavy atom. The summed E-state index contributed by atoms with van der Waals surface area (Å²) in [5, 5.41) is 5.32. The number of urea groups is 1. The number of rotatable bonds is 6. The van der Waals surface area contributed by atoms with Crippen LogP contribution in [0.3, 0.4) is 0 Å². The van der Waals surface area contributed by atoms with Crippen molar-refractivity contribution in [3.05, 3.63) is 40.9 Å². The first kappa shape index (κ1) is 17.2. The number of anilines is 1. The fourth-order valence-electron chi connectivity index (χ4n) is 1.74. The Morgan fingerprint density at radius 3 is 2.24 bits per heavy atom. The summed E-state index contributed by atoms with van der Waals surface area (Å²) < 4.78 is 0.692. The van der Waals surface area contributed by atoms with Gasteiger partial charge in [-0.1, -0.05) is 22.5 Å². The number of halogens is 1. The van der Waals surface area contributed by atoms with Gasteiger partial charge in [0.15, 0.2) is 0 Å². The molecule has 2 N–H and O–H groups in total. The number of nitrogens with one attached hydrogen (secondary N) is 2. The van der Waals surface area contributed by atoms with Crippen LogP contribution >= 0.6 is 15.9 Å². The Balaban J connectivity index is 2.63. The third kappa shape index (κ3) is 5.59. The third-order valence-corrected chi connectivity index (χ3v) is 3.16. The molecule has 0 saturated carbocycles. The van der Waals surface area contributed by atoms with E-state index in [-0.39, 0.29) is 11.9 Å². The fourth-order valence-corrected chi connectivity index (χ4v) is 1.88. The summed E-state index contributed by atoms with van der Waals surface area (Å²) in [5.41, 5.74) is 1.24. The monoisotopic (exact) mass is 353 g/mol. The van der Waals surface area contributed by atoms with Crippen molar-refractivity contribution in [1.82, 2.24) is 10.2 Å². The maximum absolute atomic E-state index is 12.1. The Morgan fingerprint density at radius 1 is 1.19 bits per heavy atom. The molecule has 0 saturated heterocycles. The molecule has 0 radical (unpaired) electrons. The Bertz CT molecular complexity index is 510. The van der Waals surface area contributed by atoms with Gasteiger partial charge in [0.2, 0.25) is 0 Å². The molecule has 0 bridgehead atoms. The molecule has 5 nitrogen and oxygen atoms in total. The van der Waals surface area contributed by atoms with E-state index in [0.29, 0.717) is 35.4 Å². The summed E-state index contributed by atoms with van der Waals surface area (Å²) in [4.78, 5) is 25.5. The molecule has 21 heavy (non-hydrogen) atoms. The second-order valence-corrected chi connectivity index (χ2v) is 5.50. The van der Waals surface area contributed by atoms with Crippen LogP contribution in [-0.4, -0.2) is 36.5 Å². The van der Waals surface area contributed by atoms with Crippen LogP contribution in [0.15, 0.2) is 35.3 Å². The predicted molar refractivity (Wildman–Crippen MR) is 88.8 cm³/mol. The smallest absolute Gasteiger partial charge is 0.319 e. The highest BCUT2D eigenvalue weighted by Gasteiger charge is 2.12. The van der Waals surface area contributed by atoms with Gasteiger partial charge in [-0.3, -0.25) is 4.79 Å². The lowest BCUT2D eigenvalue weighted by atomic mass is 10.2. The Labute approximate surface area is 133 Å². The highest BCUT2D eigenvalue weighted by atomic mass is 79.9. The molecule has 6 heteroatoms. The van der Waals surface area contributed by atoms with Gasteiger partial charge in [0.1, 0.15) is 0 Å². The minimum absolute atomic E-state index is 0.00779. The molecule has 0 aliphatic heterocycles. The number of amides is 3. The van der Waals surface area contributed by atoms with Crippen molar-refractivity contribution in [3.63, 3.8) is 0 Å². The van der Waals surface area contributed by atoms with Crippen LogP contribution in [0.1, 0.15) is 24.2 Å². The lowest BCUT2D eigenvalue weighted by Crippen LogP contribution is -2.30. The van der Waals surface area contributed by atoms with E-state index in [9.17, 15) is 9.59 Å². The predicted octanol–water partition coefficient (Wildman–Crippen LogP) is 3.20. The lowest BCUT2D eigenvalue weighted by molar-refractivity contribution is 0.0773. The third-order valence-electron chi connectivity index (χ3n) is 2.88. The molecule has 0 aromatic heterocycles. The van der Waals surface area contributed by atoms with Crippen molar-refractivity contribution in [1.29, 1.82) is 0 Å². The summed E-state index contributed by atoms with van der Waals surface area (Å²) in [7, 11) is 0. The minimum Gasteiger partial charge on any atom is -0.339 e. The zero-order chi connectivity index (χ0) is 15.8. The summed E-state index contributed by atoms with van der Waals surface area (Å²) in [6.45, 7) is 9.22. The van der Waals surface area contributed by atoms with Crippen molar-refractivity contribution in [2.75, 3.05) is 25.0 Å². The van der Waals surface area contributed by atoms with Crippen LogP contribution < -0.4 is 10.6 Å². The number of hydrogen-bond acceptors (Lipinski definition) is 2. The van der Waals surface area contributed by atoms with Crippen LogP contribution in [-0.2, 0) is 0 Å². The molecule has 3 amide bonds. The van der Waals surface area contributed by atoms with Gasteiger partial charge in [-0.15, -0.1) is 0 Å².